The van der Waals surface area contributed by atoms with Crippen LogP contribution in [0.2, 0.25) is 30.8 Å². The van der Waals surface area contributed by atoms with Crippen molar-refractivity contribution >= 4 is 60.5 Å². The number of aliphatic imine (C=N–C) groups is 1. The fourth-order valence-corrected chi connectivity index (χ4v) is 7.22. The maximum atomic E-state index is 15.5. The molecule has 1 aromatic carbocycles. The van der Waals surface area contributed by atoms with Crippen molar-refractivity contribution in [1.29, 1.82) is 0 Å². The van der Waals surface area contributed by atoms with Gasteiger partial charge in [-0.05, 0) is 43.2 Å². The smallest absolute Gasteiger partial charge is 0.415 e. The van der Waals surface area contributed by atoms with Gasteiger partial charge in [0.15, 0.2) is 11.0 Å². The summed E-state index contributed by atoms with van der Waals surface area (Å²) in [7, 11) is 0.0859. The topological polar surface area (TPSA) is 117 Å². The summed E-state index contributed by atoms with van der Waals surface area (Å²) >= 11 is 6.79. The van der Waals surface area contributed by atoms with Crippen LogP contribution >= 0.6 is 23.4 Å². The van der Waals surface area contributed by atoms with Crippen LogP contribution in [-0.2, 0) is 15.1 Å². The first-order chi connectivity index (χ1) is 19.2. The lowest BCUT2D eigenvalue weighted by atomic mass is 9.84. The second kappa shape index (κ2) is 11.8. The van der Waals surface area contributed by atoms with Crippen LogP contribution in [0.25, 0.3) is 11.9 Å². The third-order valence-electron chi connectivity index (χ3n) is 7.17. The Labute approximate surface area is 247 Å². The van der Waals surface area contributed by atoms with E-state index in [9.17, 15) is 19.1 Å². The van der Waals surface area contributed by atoms with Crippen molar-refractivity contribution in [2.75, 3.05) is 20.4 Å². The van der Waals surface area contributed by atoms with E-state index < -0.39 is 42.0 Å². The lowest BCUT2D eigenvalue weighted by Gasteiger charge is -2.36. The van der Waals surface area contributed by atoms with Gasteiger partial charge in [0, 0.05) is 33.2 Å². The van der Waals surface area contributed by atoms with E-state index in [1.165, 1.54) is 43.7 Å². The molecule has 2 N–H and O–H groups in total. The SMILES string of the molecule is CNC(=O)[C@]12C[C@H]1[C@@](C)(c1cc(/C=C(\F)c3cnc(Cl)cn3)ccc1F)N=C(N(COCC[Si](C)(C)C)C(=O)O)S2. The van der Waals surface area contributed by atoms with Gasteiger partial charge < -0.3 is 15.2 Å². The Bertz CT molecular complexity index is 1410. The summed E-state index contributed by atoms with van der Waals surface area (Å²) in [4.78, 5) is 38.8. The number of nitrogens with zero attached hydrogens (tertiary/aromatic N) is 4. The molecule has 2 aliphatic rings. The fourth-order valence-electron chi connectivity index (χ4n) is 4.75. The van der Waals surface area contributed by atoms with Gasteiger partial charge >= 0.3 is 6.09 Å². The number of fused-ring (bicyclic) bond motifs is 1. The van der Waals surface area contributed by atoms with Crippen LogP contribution < -0.4 is 5.32 Å². The molecule has 1 aliphatic heterocycles. The quantitative estimate of drug-likeness (QED) is 0.204. The third kappa shape index (κ3) is 6.63. The van der Waals surface area contributed by atoms with Gasteiger partial charge in [-0.2, -0.15) is 0 Å². The van der Waals surface area contributed by atoms with E-state index in [2.05, 4.69) is 34.9 Å². The second-order valence-corrected chi connectivity index (χ2v) is 18.7. The molecule has 0 bridgehead atoms. The largest absolute Gasteiger partial charge is 0.465 e. The van der Waals surface area contributed by atoms with E-state index in [-0.39, 0.29) is 34.2 Å². The predicted octanol–water partition coefficient (Wildman–Crippen LogP) is 5.85. The van der Waals surface area contributed by atoms with Crippen LogP contribution in [0.15, 0.2) is 35.6 Å². The highest BCUT2D eigenvalue weighted by Crippen LogP contribution is 2.66. The molecule has 0 spiro atoms. The molecule has 2 amide bonds. The second-order valence-electron chi connectivity index (χ2n) is 11.4. The average Bonchev–Trinajstić information content (AvgIpc) is 3.66. The highest BCUT2D eigenvalue weighted by atomic mass is 35.5. The van der Waals surface area contributed by atoms with Gasteiger partial charge in [-0.15, -0.1) is 0 Å². The maximum absolute atomic E-state index is 15.5. The number of amidine groups is 1. The van der Waals surface area contributed by atoms with Crippen LogP contribution in [0.4, 0.5) is 13.6 Å². The first-order valence-electron chi connectivity index (χ1n) is 12.9. The first-order valence-corrected chi connectivity index (χ1v) is 17.8. The first kappa shape index (κ1) is 31.1. The van der Waals surface area contributed by atoms with Gasteiger partial charge in [0.25, 0.3) is 0 Å². The molecule has 0 unspecified atom stereocenters. The summed E-state index contributed by atoms with van der Waals surface area (Å²) in [6.07, 6.45) is 2.62. The number of carboxylic acid groups (broad SMARTS) is 1. The molecule has 9 nitrogen and oxygen atoms in total. The molecule has 0 radical (unpaired) electrons. The number of rotatable bonds is 9. The molecule has 14 heteroatoms. The molecule has 0 saturated heterocycles. The lowest BCUT2D eigenvalue weighted by molar-refractivity contribution is -0.121. The van der Waals surface area contributed by atoms with Gasteiger partial charge in [-0.3, -0.25) is 9.79 Å². The minimum atomic E-state index is -1.41. The van der Waals surface area contributed by atoms with E-state index in [0.717, 1.165) is 22.7 Å². The molecular weight excluding hydrogens is 592 g/mol. The monoisotopic (exact) mass is 623 g/mol. The van der Waals surface area contributed by atoms with E-state index in [4.69, 9.17) is 21.3 Å². The zero-order valence-electron chi connectivity index (χ0n) is 23.4. The maximum Gasteiger partial charge on any atom is 0.415 e. The lowest BCUT2D eigenvalue weighted by Crippen LogP contribution is -2.47. The van der Waals surface area contributed by atoms with E-state index in [1.807, 2.05) is 0 Å². The number of hydrogen-bond donors (Lipinski definition) is 2. The number of amides is 2. The van der Waals surface area contributed by atoms with Crippen molar-refractivity contribution in [3.8, 4) is 0 Å². The number of halogens is 3. The van der Waals surface area contributed by atoms with Crippen LogP contribution in [0.3, 0.4) is 0 Å². The van der Waals surface area contributed by atoms with Crippen LogP contribution in [0.5, 0.6) is 0 Å². The summed E-state index contributed by atoms with van der Waals surface area (Å²) < 4.78 is 35.1. The van der Waals surface area contributed by atoms with E-state index >= 15 is 4.39 Å². The summed E-state index contributed by atoms with van der Waals surface area (Å²) in [6, 6.07) is 4.90. The van der Waals surface area contributed by atoms with Crippen molar-refractivity contribution in [1.82, 2.24) is 20.2 Å². The van der Waals surface area contributed by atoms with Gasteiger partial charge in [0.2, 0.25) is 5.91 Å². The van der Waals surface area contributed by atoms with E-state index in [1.54, 1.807) is 6.92 Å². The molecule has 2 aromatic rings. The summed E-state index contributed by atoms with van der Waals surface area (Å²) in [5.41, 5.74) is -0.945. The molecule has 1 aromatic heterocycles. The number of aromatic nitrogens is 2. The normalized spacial score (nSPS) is 23.9. The minimum Gasteiger partial charge on any atom is -0.465 e. The molecule has 1 aliphatic carbocycles. The van der Waals surface area contributed by atoms with Gasteiger partial charge in [-0.25, -0.2) is 28.4 Å². The standard InChI is InChI=1S/C27H32ClF2N5O4SSi/c1-26(17-10-16(6-7-18(17)29)11-19(30)20-13-33-22(28)14-32-20)21-12-27(21,23(36)31-2)40-24(34-26)35(25(37)38)15-39-8-9-41(3,4)5/h6-7,10-11,13-14,21H,8-9,12,15H2,1-5H3,(H,31,36)(H,37,38)/b19-11-/t21-,26+,27-/m0/s1. The Kier molecular flexibility index (Phi) is 8.93. The summed E-state index contributed by atoms with van der Waals surface area (Å²) in [6.45, 7) is 8.32. The Morgan fingerprint density at radius 1 is 1.32 bits per heavy atom. The zero-order chi connectivity index (χ0) is 30.2. The average molecular weight is 624 g/mol. The Morgan fingerprint density at radius 2 is 2.05 bits per heavy atom. The predicted molar refractivity (Wildman–Crippen MR) is 159 cm³/mol. The van der Waals surface area contributed by atoms with Crippen LogP contribution in [0, 0.1) is 11.7 Å². The number of thioether (sulfide) groups is 1. The van der Waals surface area contributed by atoms with Gasteiger partial charge in [0.1, 0.15) is 28.1 Å². The number of nitrogens with one attached hydrogen (secondary N) is 1. The summed E-state index contributed by atoms with van der Waals surface area (Å²) in [5.74, 6) is -2.07. The Morgan fingerprint density at radius 3 is 2.66 bits per heavy atom. The third-order valence-corrected chi connectivity index (χ3v) is 10.6. The molecular formula is C27H32ClF2N5O4SSi. The Balaban J connectivity index is 1.73. The minimum absolute atomic E-state index is 0.0355. The highest BCUT2D eigenvalue weighted by Gasteiger charge is 2.71. The molecule has 1 fully saturated rings. The molecule has 4 rings (SSSR count). The van der Waals surface area contributed by atoms with Gasteiger partial charge in [-0.1, -0.05) is 49.1 Å². The highest BCUT2D eigenvalue weighted by molar-refractivity contribution is 8.16. The van der Waals surface area contributed by atoms with Crippen molar-refractivity contribution in [2.24, 2.45) is 10.9 Å². The van der Waals surface area contributed by atoms with Crippen LogP contribution in [0.1, 0.15) is 30.2 Å². The number of carbonyl (C=O) groups is 2. The van der Waals surface area contributed by atoms with Gasteiger partial charge in [0.05, 0.1) is 17.9 Å². The fraction of sp³-hybridized carbons (Fsp3) is 0.444. The molecule has 3 atom stereocenters. The van der Waals surface area contributed by atoms with Crippen molar-refractivity contribution in [2.45, 2.75) is 49.3 Å². The molecule has 220 valence electrons. The number of benzene rings is 1. The van der Waals surface area contributed by atoms with E-state index in [0.29, 0.717) is 18.6 Å². The molecule has 1 saturated carbocycles. The van der Waals surface area contributed by atoms with Crippen molar-refractivity contribution in [3.63, 3.8) is 0 Å². The molecule has 41 heavy (non-hydrogen) atoms. The zero-order valence-corrected chi connectivity index (χ0v) is 25.9. The number of carbonyl (C=O) groups excluding carboxylic acids is 1. The summed E-state index contributed by atoms with van der Waals surface area (Å²) in [5, 5.41) is 12.9. The molecule has 2 heterocycles. The number of ether oxygens (including phenoxy) is 1. The van der Waals surface area contributed by atoms with Crippen LogP contribution in [-0.4, -0.2) is 70.3 Å². The Hall–Kier alpha value is -2.87. The number of hydrogen-bond acceptors (Lipinski definition) is 7. The van der Waals surface area contributed by atoms with Crippen molar-refractivity contribution in [3.05, 3.63) is 58.4 Å². The van der Waals surface area contributed by atoms with Crippen molar-refractivity contribution < 1.29 is 28.2 Å².